The highest BCUT2D eigenvalue weighted by Crippen LogP contribution is 2.33. The van der Waals surface area contributed by atoms with Crippen molar-refractivity contribution in [2.75, 3.05) is 6.61 Å². The Morgan fingerprint density at radius 3 is 2.50 bits per heavy atom. The monoisotopic (exact) mass is 300 g/mol. The zero-order valence-corrected chi connectivity index (χ0v) is 13.3. The molecule has 0 saturated heterocycles. The summed E-state index contributed by atoms with van der Waals surface area (Å²) in [5.41, 5.74) is 10.3. The maximum Gasteiger partial charge on any atom is 0.251 e. The maximum atomic E-state index is 12.0. The van der Waals surface area contributed by atoms with Crippen LogP contribution < -0.4 is 5.73 Å². The molecule has 2 aromatic rings. The van der Waals surface area contributed by atoms with E-state index < -0.39 is 5.91 Å². The molecular formula is C18H24N2O2. The maximum absolute atomic E-state index is 12.0. The van der Waals surface area contributed by atoms with Gasteiger partial charge in [-0.05, 0) is 25.3 Å². The number of carbonyl (C=O) groups excluding carboxylic acids is 1. The Morgan fingerprint density at radius 2 is 1.95 bits per heavy atom. The lowest BCUT2D eigenvalue weighted by Crippen LogP contribution is -2.13. The number of primary amides is 1. The van der Waals surface area contributed by atoms with Crippen molar-refractivity contribution < 1.29 is 9.90 Å². The SMILES string of the molecule is CCCc1c(-c2ccccc2)c(C(N)=O)c(C)n1CCCO. The fourth-order valence-corrected chi connectivity index (χ4v) is 3.04. The van der Waals surface area contributed by atoms with Gasteiger partial charge in [0.05, 0.1) is 5.56 Å². The zero-order valence-electron chi connectivity index (χ0n) is 13.3. The van der Waals surface area contributed by atoms with Gasteiger partial charge in [-0.15, -0.1) is 0 Å². The van der Waals surface area contributed by atoms with Crippen LogP contribution in [0, 0.1) is 6.92 Å². The summed E-state index contributed by atoms with van der Waals surface area (Å²) < 4.78 is 2.14. The van der Waals surface area contributed by atoms with Crippen LogP contribution in [-0.2, 0) is 13.0 Å². The van der Waals surface area contributed by atoms with Crippen molar-refractivity contribution >= 4 is 5.91 Å². The Bertz CT molecular complexity index is 645. The topological polar surface area (TPSA) is 68.2 Å². The number of hydrogen-bond acceptors (Lipinski definition) is 2. The highest BCUT2D eigenvalue weighted by molar-refractivity contribution is 6.02. The van der Waals surface area contributed by atoms with Crippen molar-refractivity contribution in [1.82, 2.24) is 4.57 Å². The second-order valence-corrected chi connectivity index (χ2v) is 5.49. The van der Waals surface area contributed by atoms with Crippen molar-refractivity contribution in [2.45, 2.75) is 39.7 Å². The second kappa shape index (κ2) is 7.27. The van der Waals surface area contributed by atoms with E-state index in [1.165, 1.54) is 0 Å². The van der Waals surface area contributed by atoms with Crippen molar-refractivity contribution in [1.29, 1.82) is 0 Å². The summed E-state index contributed by atoms with van der Waals surface area (Å²) in [7, 11) is 0. The number of aliphatic hydroxyl groups is 1. The minimum atomic E-state index is -0.392. The van der Waals surface area contributed by atoms with Gasteiger partial charge in [0, 0.05) is 30.1 Å². The third-order valence-electron chi connectivity index (χ3n) is 3.97. The first-order chi connectivity index (χ1) is 10.6. The van der Waals surface area contributed by atoms with Crippen molar-refractivity contribution in [3.05, 3.63) is 47.3 Å². The van der Waals surface area contributed by atoms with Gasteiger partial charge in [-0.2, -0.15) is 0 Å². The lowest BCUT2D eigenvalue weighted by atomic mass is 9.98. The van der Waals surface area contributed by atoms with E-state index in [-0.39, 0.29) is 6.61 Å². The number of amides is 1. The Hall–Kier alpha value is -2.07. The van der Waals surface area contributed by atoms with E-state index in [1.54, 1.807) is 0 Å². The fraction of sp³-hybridized carbons (Fsp3) is 0.389. The van der Waals surface area contributed by atoms with Crippen LogP contribution in [0.1, 0.15) is 41.5 Å². The number of nitrogens with two attached hydrogens (primary N) is 1. The van der Waals surface area contributed by atoms with E-state index in [9.17, 15) is 4.79 Å². The molecule has 0 unspecified atom stereocenters. The summed E-state index contributed by atoms with van der Waals surface area (Å²) in [6.07, 6.45) is 2.53. The van der Waals surface area contributed by atoms with Crippen molar-refractivity contribution in [3.63, 3.8) is 0 Å². The van der Waals surface area contributed by atoms with E-state index in [1.807, 2.05) is 37.3 Å². The molecule has 0 fully saturated rings. The van der Waals surface area contributed by atoms with E-state index in [0.29, 0.717) is 18.5 Å². The van der Waals surface area contributed by atoms with Crippen LogP contribution in [-0.4, -0.2) is 22.2 Å². The first kappa shape index (κ1) is 16.3. The molecule has 4 nitrogen and oxygen atoms in total. The van der Waals surface area contributed by atoms with Gasteiger partial charge in [0.2, 0.25) is 0 Å². The van der Waals surface area contributed by atoms with Crippen molar-refractivity contribution in [3.8, 4) is 11.1 Å². The Morgan fingerprint density at radius 1 is 1.27 bits per heavy atom. The first-order valence-electron chi connectivity index (χ1n) is 7.79. The highest BCUT2D eigenvalue weighted by Gasteiger charge is 2.23. The molecule has 3 N–H and O–H groups in total. The molecule has 0 atom stereocenters. The molecule has 118 valence electrons. The summed E-state index contributed by atoms with van der Waals surface area (Å²) in [6.45, 7) is 4.89. The van der Waals surface area contributed by atoms with Gasteiger partial charge in [0.25, 0.3) is 5.91 Å². The highest BCUT2D eigenvalue weighted by atomic mass is 16.3. The molecule has 0 aliphatic rings. The van der Waals surface area contributed by atoms with Crippen LogP contribution in [0.15, 0.2) is 30.3 Å². The van der Waals surface area contributed by atoms with E-state index >= 15 is 0 Å². The predicted molar refractivity (Wildman–Crippen MR) is 88.8 cm³/mol. The summed E-state index contributed by atoms with van der Waals surface area (Å²) >= 11 is 0. The number of rotatable bonds is 7. The molecule has 0 radical (unpaired) electrons. The van der Waals surface area contributed by atoms with Crippen LogP contribution in [0.2, 0.25) is 0 Å². The van der Waals surface area contributed by atoms with Crippen LogP contribution in [0.3, 0.4) is 0 Å². The summed E-state index contributed by atoms with van der Waals surface area (Å²) in [5.74, 6) is -0.392. The van der Waals surface area contributed by atoms with Gasteiger partial charge in [0.15, 0.2) is 0 Å². The Labute approximate surface area is 131 Å². The number of benzene rings is 1. The smallest absolute Gasteiger partial charge is 0.251 e. The van der Waals surface area contributed by atoms with Crippen LogP contribution in [0.4, 0.5) is 0 Å². The second-order valence-electron chi connectivity index (χ2n) is 5.49. The lowest BCUT2D eigenvalue weighted by molar-refractivity contribution is 0.1000. The number of hydrogen-bond donors (Lipinski definition) is 2. The van der Waals surface area contributed by atoms with Gasteiger partial charge in [0.1, 0.15) is 0 Å². The van der Waals surface area contributed by atoms with Gasteiger partial charge in [-0.25, -0.2) is 0 Å². The summed E-state index contributed by atoms with van der Waals surface area (Å²) in [4.78, 5) is 12.0. The number of nitrogens with zero attached hydrogens (tertiary/aromatic N) is 1. The van der Waals surface area contributed by atoms with Gasteiger partial charge >= 0.3 is 0 Å². The average molecular weight is 300 g/mol. The molecule has 0 spiro atoms. The molecular weight excluding hydrogens is 276 g/mol. The third kappa shape index (κ3) is 3.07. The van der Waals surface area contributed by atoms with Gasteiger partial charge in [-0.1, -0.05) is 43.7 Å². The molecule has 1 amide bonds. The molecule has 4 heteroatoms. The summed E-state index contributed by atoms with van der Waals surface area (Å²) in [6, 6.07) is 9.92. The molecule has 0 aliphatic carbocycles. The minimum absolute atomic E-state index is 0.135. The number of carbonyl (C=O) groups is 1. The molecule has 1 heterocycles. The van der Waals surface area contributed by atoms with Gasteiger partial charge in [-0.3, -0.25) is 4.79 Å². The molecule has 0 aliphatic heterocycles. The van der Waals surface area contributed by atoms with E-state index in [0.717, 1.165) is 35.4 Å². The molecule has 1 aromatic heterocycles. The quantitative estimate of drug-likeness (QED) is 0.825. The molecule has 22 heavy (non-hydrogen) atoms. The van der Waals surface area contributed by atoms with Crippen LogP contribution in [0.5, 0.6) is 0 Å². The van der Waals surface area contributed by atoms with Crippen molar-refractivity contribution in [2.24, 2.45) is 5.73 Å². The number of aromatic nitrogens is 1. The number of aliphatic hydroxyl groups excluding tert-OH is 1. The third-order valence-corrected chi connectivity index (χ3v) is 3.97. The largest absolute Gasteiger partial charge is 0.396 e. The Kier molecular flexibility index (Phi) is 5.39. The van der Waals surface area contributed by atoms with Crippen LogP contribution >= 0.6 is 0 Å². The molecule has 1 aromatic carbocycles. The standard InChI is InChI=1S/C18H24N2O2/c1-3-8-15-17(14-9-5-4-6-10-14)16(18(19)22)13(2)20(15)11-7-12-21/h4-6,9-10,21H,3,7-8,11-12H2,1-2H3,(H2,19,22). The first-order valence-corrected chi connectivity index (χ1v) is 7.79. The normalized spacial score (nSPS) is 10.9. The lowest BCUT2D eigenvalue weighted by Gasteiger charge is -2.12. The van der Waals surface area contributed by atoms with E-state index in [4.69, 9.17) is 10.8 Å². The molecule has 0 bridgehead atoms. The van der Waals surface area contributed by atoms with Crippen LogP contribution in [0.25, 0.3) is 11.1 Å². The zero-order chi connectivity index (χ0) is 16.1. The summed E-state index contributed by atoms with van der Waals surface area (Å²) in [5, 5.41) is 9.14. The molecule has 0 saturated carbocycles. The van der Waals surface area contributed by atoms with Gasteiger partial charge < -0.3 is 15.4 Å². The Balaban J connectivity index is 2.69. The van der Waals surface area contributed by atoms with E-state index in [2.05, 4.69) is 11.5 Å². The fourth-order valence-electron chi connectivity index (χ4n) is 3.04. The predicted octanol–water partition coefficient (Wildman–Crippen LogP) is 2.90. The molecule has 2 rings (SSSR count). The minimum Gasteiger partial charge on any atom is -0.396 e. The average Bonchev–Trinajstić information content (AvgIpc) is 2.79.